The second-order valence-corrected chi connectivity index (χ2v) is 4.60. The van der Waals surface area contributed by atoms with Gasteiger partial charge in [-0.3, -0.25) is 0 Å². The predicted molar refractivity (Wildman–Crippen MR) is 76.5 cm³/mol. The molecule has 2 aromatic rings. The Morgan fingerprint density at radius 1 is 1.20 bits per heavy atom. The van der Waals surface area contributed by atoms with E-state index in [0.29, 0.717) is 5.56 Å². The first-order valence-corrected chi connectivity index (χ1v) is 6.24. The lowest BCUT2D eigenvalue weighted by molar-refractivity contribution is 0.0601. The molecule has 0 aliphatic carbocycles. The predicted octanol–water partition coefficient (Wildman–Crippen LogP) is 3.35. The molecule has 0 atom stereocenters. The van der Waals surface area contributed by atoms with Gasteiger partial charge in [-0.1, -0.05) is 29.4 Å². The molecule has 5 nitrogen and oxygen atoms in total. The second-order valence-electron chi connectivity index (χ2n) is 4.60. The second kappa shape index (κ2) is 5.69. The maximum Gasteiger partial charge on any atom is 0.340 e. The van der Waals surface area contributed by atoms with Gasteiger partial charge in [0.1, 0.15) is 6.54 Å². The van der Waals surface area contributed by atoms with Crippen molar-refractivity contribution in [3.8, 4) is 11.1 Å². The smallest absolute Gasteiger partial charge is 0.340 e. The molecule has 0 aliphatic rings. The summed E-state index contributed by atoms with van der Waals surface area (Å²) >= 11 is 0. The summed E-state index contributed by atoms with van der Waals surface area (Å²) in [5, 5.41) is 2.86. The van der Waals surface area contributed by atoms with Gasteiger partial charge >= 0.3 is 5.97 Å². The number of H-pyrrole nitrogens is 1. The van der Waals surface area contributed by atoms with Crippen molar-refractivity contribution in [3.63, 3.8) is 0 Å². The van der Waals surface area contributed by atoms with E-state index in [0.717, 1.165) is 28.1 Å². The molecule has 0 amide bonds. The number of benzene rings is 1. The number of aromatic amines is 1. The van der Waals surface area contributed by atoms with E-state index in [4.69, 9.17) is 4.74 Å². The molecule has 0 radical (unpaired) electrons. The number of carbonyl (C=O) groups excluding carboxylic acids is 1. The third kappa shape index (κ3) is 2.47. The molecule has 0 spiro atoms. The van der Waals surface area contributed by atoms with Crippen LogP contribution in [0.4, 0.5) is 0 Å². The minimum absolute atomic E-state index is 0.148. The molecule has 20 heavy (non-hydrogen) atoms. The summed E-state index contributed by atoms with van der Waals surface area (Å²) in [5.41, 5.74) is 4.81. The molecule has 1 aromatic carbocycles. The summed E-state index contributed by atoms with van der Waals surface area (Å²) in [4.78, 5) is 25.3. The summed E-state index contributed by atoms with van der Waals surface area (Å²) in [6.45, 7) is 3.90. The number of rotatable bonds is 4. The largest absolute Gasteiger partial charge is 0.465 e. The Labute approximate surface area is 116 Å². The third-order valence-corrected chi connectivity index (χ3v) is 3.25. The lowest BCUT2D eigenvalue weighted by Gasteiger charge is -2.06. The number of methoxy groups -OCH3 is 1. The minimum atomic E-state index is -0.361. The van der Waals surface area contributed by atoms with Crippen LogP contribution in [-0.4, -0.2) is 18.1 Å². The first-order chi connectivity index (χ1) is 9.58. The highest BCUT2D eigenvalue weighted by Gasteiger charge is 2.20. The zero-order valence-electron chi connectivity index (χ0n) is 11.7. The first-order valence-electron chi connectivity index (χ1n) is 6.24. The maximum atomic E-state index is 11.9. The quantitative estimate of drug-likeness (QED) is 0.685. The van der Waals surface area contributed by atoms with Crippen LogP contribution in [0.25, 0.3) is 11.1 Å². The molecule has 104 valence electrons. The summed E-state index contributed by atoms with van der Waals surface area (Å²) in [5.74, 6) is -0.361. The number of aryl methyl sites for hydroxylation is 2. The first kappa shape index (κ1) is 14.0. The number of aromatic nitrogens is 1. The third-order valence-electron chi connectivity index (χ3n) is 3.25. The van der Waals surface area contributed by atoms with Crippen LogP contribution in [0.1, 0.15) is 27.3 Å². The van der Waals surface area contributed by atoms with Gasteiger partial charge < -0.3 is 9.72 Å². The van der Waals surface area contributed by atoms with Crippen LogP contribution in [0, 0.1) is 18.8 Å². The van der Waals surface area contributed by atoms with E-state index in [1.54, 1.807) is 0 Å². The van der Waals surface area contributed by atoms with Gasteiger partial charge in [-0.05, 0) is 25.0 Å². The molecule has 1 aromatic heterocycles. The van der Waals surface area contributed by atoms with Gasteiger partial charge in [0.05, 0.1) is 12.7 Å². The Balaban J connectivity index is 2.51. The van der Waals surface area contributed by atoms with E-state index in [2.05, 4.69) is 10.2 Å². The van der Waals surface area contributed by atoms with Crippen LogP contribution in [0.15, 0.2) is 29.4 Å². The highest BCUT2D eigenvalue weighted by molar-refractivity contribution is 5.99. The molecular weight excluding hydrogens is 256 g/mol. The zero-order valence-corrected chi connectivity index (χ0v) is 11.7. The van der Waals surface area contributed by atoms with Gasteiger partial charge in [-0.25, -0.2) is 4.79 Å². The molecular formula is C15H16N2O3. The SMILES string of the molecule is COC(=O)c1c(C)[nH]c(C)c1-c1ccc(CN=O)cc1. The van der Waals surface area contributed by atoms with Gasteiger partial charge in [0.25, 0.3) is 0 Å². The summed E-state index contributed by atoms with van der Waals surface area (Å²) < 4.78 is 4.84. The molecule has 0 bridgehead atoms. The molecule has 0 aliphatic heterocycles. The number of nitroso groups, excluding NO2 is 1. The van der Waals surface area contributed by atoms with E-state index in [9.17, 15) is 9.70 Å². The number of nitrogens with one attached hydrogen (secondary N) is 1. The zero-order chi connectivity index (χ0) is 14.7. The van der Waals surface area contributed by atoms with E-state index in [-0.39, 0.29) is 12.5 Å². The number of carbonyl (C=O) groups is 1. The molecule has 0 saturated heterocycles. The molecule has 1 N–H and O–H groups in total. The Morgan fingerprint density at radius 3 is 2.40 bits per heavy atom. The Morgan fingerprint density at radius 2 is 1.85 bits per heavy atom. The fourth-order valence-corrected chi connectivity index (χ4v) is 2.35. The Bertz CT molecular complexity index is 642. The lowest BCUT2D eigenvalue weighted by atomic mass is 9.99. The minimum Gasteiger partial charge on any atom is -0.465 e. The fourth-order valence-electron chi connectivity index (χ4n) is 2.35. The van der Waals surface area contributed by atoms with Crippen molar-refractivity contribution in [2.24, 2.45) is 5.18 Å². The summed E-state index contributed by atoms with van der Waals surface area (Å²) in [6, 6.07) is 7.42. The van der Waals surface area contributed by atoms with Crippen molar-refractivity contribution in [1.82, 2.24) is 4.98 Å². The van der Waals surface area contributed by atoms with Crippen LogP contribution in [0.5, 0.6) is 0 Å². The van der Waals surface area contributed by atoms with Crippen LogP contribution in [0.2, 0.25) is 0 Å². The van der Waals surface area contributed by atoms with E-state index in [1.807, 2.05) is 38.1 Å². The molecule has 0 fully saturated rings. The Kier molecular flexibility index (Phi) is 3.98. The van der Waals surface area contributed by atoms with Crippen molar-refractivity contribution in [2.45, 2.75) is 20.4 Å². The van der Waals surface area contributed by atoms with Gasteiger partial charge in [0.2, 0.25) is 0 Å². The molecule has 5 heteroatoms. The number of nitrogens with zero attached hydrogens (tertiary/aromatic N) is 1. The van der Waals surface area contributed by atoms with E-state index >= 15 is 0 Å². The normalized spacial score (nSPS) is 10.3. The fraction of sp³-hybridized carbons (Fsp3) is 0.267. The molecule has 0 saturated carbocycles. The van der Waals surface area contributed by atoms with Crippen LogP contribution < -0.4 is 0 Å². The lowest BCUT2D eigenvalue weighted by Crippen LogP contribution is -2.03. The van der Waals surface area contributed by atoms with Gasteiger partial charge in [0, 0.05) is 17.0 Å². The van der Waals surface area contributed by atoms with Crippen LogP contribution >= 0.6 is 0 Å². The van der Waals surface area contributed by atoms with Crippen LogP contribution in [0.3, 0.4) is 0 Å². The molecule has 0 unspecified atom stereocenters. The van der Waals surface area contributed by atoms with Crippen LogP contribution in [-0.2, 0) is 11.3 Å². The van der Waals surface area contributed by atoms with Gasteiger partial charge in [0.15, 0.2) is 0 Å². The number of ether oxygens (including phenoxy) is 1. The van der Waals surface area contributed by atoms with E-state index < -0.39 is 0 Å². The Hall–Kier alpha value is -2.43. The maximum absolute atomic E-state index is 11.9. The van der Waals surface area contributed by atoms with Crippen molar-refractivity contribution in [2.75, 3.05) is 7.11 Å². The average molecular weight is 272 g/mol. The highest BCUT2D eigenvalue weighted by atomic mass is 16.5. The van der Waals surface area contributed by atoms with E-state index in [1.165, 1.54) is 7.11 Å². The monoisotopic (exact) mass is 272 g/mol. The van der Waals surface area contributed by atoms with Gasteiger partial charge in [-0.2, -0.15) is 4.91 Å². The average Bonchev–Trinajstić information content (AvgIpc) is 2.74. The van der Waals surface area contributed by atoms with Crippen molar-refractivity contribution < 1.29 is 9.53 Å². The number of esters is 1. The summed E-state index contributed by atoms with van der Waals surface area (Å²) in [6.07, 6.45) is 0. The number of hydrogen-bond donors (Lipinski definition) is 1. The highest BCUT2D eigenvalue weighted by Crippen LogP contribution is 2.30. The van der Waals surface area contributed by atoms with Crippen molar-refractivity contribution in [3.05, 3.63) is 51.7 Å². The standard InChI is InChI=1S/C15H16N2O3/c1-9-13(14(10(2)17-9)15(18)20-3)12-6-4-11(5-7-12)8-16-19/h4-7,17H,8H2,1-3H3. The van der Waals surface area contributed by atoms with Gasteiger partial charge in [-0.15, -0.1) is 0 Å². The van der Waals surface area contributed by atoms with Crippen molar-refractivity contribution in [1.29, 1.82) is 0 Å². The summed E-state index contributed by atoms with van der Waals surface area (Å²) in [7, 11) is 1.37. The van der Waals surface area contributed by atoms with Crippen molar-refractivity contribution >= 4 is 5.97 Å². The number of hydrogen-bond acceptors (Lipinski definition) is 4. The topological polar surface area (TPSA) is 71.5 Å². The molecule has 2 rings (SSSR count). The molecule has 1 heterocycles.